The summed E-state index contributed by atoms with van der Waals surface area (Å²) in [6, 6.07) is 2.79. The summed E-state index contributed by atoms with van der Waals surface area (Å²) >= 11 is 0. The van der Waals surface area contributed by atoms with Crippen molar-refractivity contribution in [1.82, 2.24) is 5.32 Å². The van der Waals surface area contributed by atoms with Crippen molar-refractivity contribution in [3.63, 3.8) is 0 Å². The van der Waals surface area contributed by atoms with E-state index in [0.29, 0.717) is 19.3 Å². The van der Waals surface area contributed by atoms with Crippen LogP contribution in [0.1, 0.15) is 38.5 Å². The van der Waals surface area contributed by atoms with Gasteiger partial charge in [0.05, 0.1) is 6.10 Å². The van der Waals surface area contributed by atoms with Gasteiger partial charge in [-0.2, -0.15) is 0 Å². The molecule has 0 atom stereocenters. The third kappa shape index (κ3) is 5.60. The first-order valence-electron chi connectivity index (χ1n) is 7.76. The van der Waals surface area contributed by atoms with Gasteiger partial charge in [-0.25, -0.2) is 13.6 Å². The van der Waals surface area contributed by atoms with Crippen molar-refractivity contribution >= 4 is 11.7 Å². The fourth-order valence-electron chi connectivity index (χ4n) is 2.51. The molecule has 1 aliphatic carbocycles. The molecule has 1 aliphatic rings. The summed E-state index contributed by atoms with van der Waals surface area (Å²) in [5.41, 5.74) is 0.217. The molecule has 1 fully saturated rings. The predicted octanol–water partition coefficient (Wildman–Crippen LogP) is 3.83. The second-order valence-corrected chi connectivity index (χ2v) is 5.49. The molecule has 0 saturated heterocycles. The first-order valence-corrected chi connectivity index (χ1v) is 7.76. The molecule has 1 saturated carbocycles. The molecule has 1 aromatic carbocycles. The van der Waals surface area contributed by atoms with E-state index in [-0.39, 0.29) is 5.69 Å². The molecule has 0 heterocycles. The van der Waals surface area contributed by atoms with Crippen molar-refractivity contribution in [1.29, 1.82) is 0 Å². The summed E-state index contributed by atoms with van der Waals surface area (Å²) < 4.78 is 31.5. The SMILES string of the molecule is O=C(NCCCOC1CCCCC1)Nc1ccc(F)c(F)c1. The molecule has 0 unspecified atom stereocenters. The van der Waals surface area contributed by atoms with Crippen LogP contribution in [0.2, 0.25) is 0 Å². The van der Waals surface area contributed by atoms with Crippen molar-refractivity contribution in [2.24, 2.45) is 0 Å². The molecule has 22 heavy (non-hydrogen) atoms. The second kappa shape index (κ2) is 8.68. The molecule has 1 aromatic rings. The number of urea groups is 1. The zero-order chi connectivity index (χ0) is 15.8. The first-order chi connectivity index (χ1) is 10.6. The number of ether oxygens (including phenoxy) is 1. The smallest absolute Gasteiger partial charge is 0.319 e. The fraction of sp³-hybridized carbons (Fsp3) is 0.562. The van der Waals surface area contributed by atoms with Crippen LogP contribution in [0, 0.1) is 11.6 Å². The Balaban J connectivity index is 1.58. The first kappa shape index (κ1) is 16.7. The average Bonchev–Trinajstić information content (AvgIpc) is 2.52. The maximum atomic E-state index is 13.0. The third-order valence-corrected chi connectivity index (χ3v) is 3.69. The Morgan fingerprint density at radius 3 is 2.68 bits per heavy atom. The minimum Gasteiger partial charge on any atom is -0.378 e. The Labute approximate surface area is 129 Å². The Morgan fingerprint density at radius 2 is 1.95 bits per heavy atom. The molecule has 0 bridgehead atoms. The van der Waals surface area contributed by atoms with E-state index in [0.717, 1.165) is 31.4 Å². The van der Waals surface area contributed by atoms with E-state index >= 15 is 0 Å². The zero-order valence-corrected chi connectivity index (χ0v) is 12.5. The number of carbonyl (C=O) groups is 1. The zero-order valence-electron chi connectivity index (χ0n) is 12.5. The van der Waals surface area contributed by atoms with Crippen LogP contribution in [0.25, 0.3) is 0 Å². The Kier molecular flexibility index (Phi) is 6.58. The Hall–Kier alpha value is -1.69. The minimum absolute atomic E-state index is 0.217. The van der Waals surface area contributed by atoms with Crippen LogP contribution in [0.3, 0.4) is 0 Å². The summed E-state index contributed by atoms with van der Waals surface area (Å²) in [5, 5.41) is 5.11. The highest BCUT2D eigenvalue weighted by Crippen LogP contribution is 2.20. The molecule has 2 rings (SSSR count). The van der Waals surface area contributed by atoms with Crippen molar-refractivity contribution in [3.05, 3.63) is 29.8 Å². The highest BCUT2D eigenvalue weighted by atomic mass is 19.2. The molecular formula is C16H22F2N2O2. The van der Waals surface area contributed by atoms with Crippen LogP contribution in [0.4, 0.5) is 19.3 Å². The maximum Gasteiger partial charge on any atom is 0.319 e. The summed E-state index contributed by atoms with van der Waals surface area (Å²) in [6.45, 7) is 1.10. The summed E-state index contributed by atoms with van der Waals surface area (Å²) in [7, 11) is 0. The third-order valence-electron chi connectivity index (χ3n) is 3.69. The summed E-state index contributed by atoms with van der Waals surface area (Å²) in [6.07, 6.45) is 7.12. The number of amides is 2. The highest BCUT2D eigenvalue weighted by molar-refractivity contribution is 5.89. The second-order valence-electron chi connectivity index (χ2n) is 5.49. The van der Waals surface area contributed by atoms with Gasteiger partial charge in [0.2, 0.25) is 0 Å². The van der Waals surface area contributed by atoms with Crippen LogP contribution in [-0.2, 0) is 4.74 Å². The van der Waals surface area contributed by atoms with E-state index in [9.17, 15) is 13.6 Å². The van der Waals surface area contributed by atoms with Gasteiger partial charge in [-0.1, -0.05) is 19.3 Å². The molecule has 4 nitrogen and oxygen atoms in total. The average molecular weight is 312 g/mol. The lowest BCUT2D eigenvalue weighted by molar-refractivity contribution is 0.0276. The molecule has 2 N–H and O–H groups in total. The van der Waals surface area contributed by atoms with Crippen LogP contribution in [0.5, 0.6) is 0 Å². The number of nitrogens with one attached hydrogen (secondary N) is 2. The number of anilines is 1. The standard InChI is InChI=1S/C16H22F2N2O2/c17-14-8-7-12(11-15(14)18)20-16(21)19-9-4-10-22-13-5-2-1-3-6-13/h7-8,11,13H,1-6,9-10H2,(H2,19,20,21). The largest absolute Gasteiger partial charge is 0.378 e. The summed E-state index contributed by atoms with van der Waals surface area (Å²) in [5.74, 6) is -1.93. The predicted molar refractivity (Wildman–Crippen MR) is 80.8 cm³/mol. The number of rotatable bonds is 6. The van der Waals surface area contributed by atoms with Crippen LogP contribution in [0.15, 0.2) is 18.2 Å². The number of hydrogen-bond donors (Lipinski definition) is 2. The molecule has 0 aliphatic heterocycles. The molecule has 122 valence electrons. The molecule has 0 aromatic heterocycles. The Bertz CT molecular complexity index is 491. The summed E-state index contributed by atoms with van der Waals surface area (Å²) in [4.78, 5) is 11.6. The van der Waals surface area contributed by atoms with Gasteiger partial charge < -0.3 is 15.4 Å². The molecular weight excluding hydrogens is 290 g/mol. The van der Waals surface area contributed by atoms with E-state index < -0.39 is 17.7 Å². The van der Waals surface area contributed by atoms with Gasteiger partial charge in [-0.05, 0) is 31.4 Å². The highest BCUT2D eigenvalue weighted by Gasteiger charge is 2.13. The van der Waals surface area contributed by atoms with E-state index in [4.69, 9.17) is 4.74 Å². The normalized spacial score (nSPS) is 15.5. The number of halogens is 2. The Morgan fingerprint density at radius 1 is 1.18 bits per heavy atom. The van der Waals surface area contributed by atoms with Crippen LogP contribution in [-0.4, -0.2) is 25.3 Å². The lowest BCUT2D eigenvalue weighted by Crippen LogP contribution is -2.30. The van der Waals surface area contributed by atoms with Crippen molar-refractivity contribution in [2.45, 2.75) is 44.6 Å². The topological polar surface area (TPSA) is 50.4 Å². The van der Waals surface area contributed by atoms with Gasteiger partial charge in [0.25, 0.3) is 0 Å². The van der Waals surface area contributed by atoms with Crippen molar-refractivity contribution < 1.29 is 18.3 Å². The van der Waals surface area contributed by atoms with E-state index in [1.165, 1.54) is 25.3 Å². The number of benzene rings is 1. The molecule has 0 spiro atoms. The van der Waals surface area contributed by atoms with Crippen molar-refractivity contribution in [2.75, 3.05) is 18.5 Å². The number of hydrogen-bond acceptors (Lipinski definition) is 2. The van der Waals surface area contributed by atoms with E-state index in [1.807, 2.05) is 0 Å². The van der Waals surface area contributed by atoms with Crippen LogP contribution < -0.4 is 10.6 Å². The van der Waals surface area contributed by atoms with E-state index in [2.05, 4.69) is 10.6 Å². The van der Waals surface area contributed by atoms with Crippen LogP contribution >= 0.6 is 0 Å². The monoisotopic (exact) mass is 312 g/mol. The van der Waals surface area contributed by atoms with Gasteiger partial charge in [0.1, 0.15) is 0 Å². The molecule has 2 amide bonds. The van der Waals surface area contributed by atoms with E-state index in [1.54, 1.807) is 0 Å². The van der Waals surface area contributed by atoms with Gasteiger partial charge in [0, 0.05) is 24.9 Å². The lowest BCUT2D eigenvalue weighted by atomic mass is 9.98. The van der Waals surface area contributed by atoms with Gasteiger partial charge in [0.15, 0.2) is 11.6 Å². The minimum atomic E-state index is -0.987. The van der Waals surface area contributed by atoms with Crippen molar-refractivity contribution in [3.8, 4) is 0 Å². The molecule has 0 radical (unpaired) electrons. The molecule has 6 heteroatoms. The fourth-order valence-corrected chi connectivity index (χ4v) is 2.51. The quantitative estimate of drug-likeness (QED) is 0.784. The number of carbonyl (C=O) groups excluding carboxylic acids is 1. The van der Waals surface area contributed by atoms with Gasteiger partial charge in [-0.3, -0.25) is 0 Å². The maximum absolute atomic E-state index is 13.0. The van der Waals surface area contributed by atoms with Gasteiger partial charge in [-0.15, -0.1) is 0 Å². The lowest BCUT2D eigenvalue weighted by Gasteiger charge is -2.21. The van der Waals surface area contributed by atoms with Gasteiger partial charge >= 0.3 is 6.03 Å².